The van der Waals surface area contributed by atoms with Crippen LogP contribution < -0.4 is 0 Å². The molecule has 0 saturated carbocycles. The van der Waals surface area contributed by atoms with E-state index in [2.05, 4.69) is 49.2 Å². The average molecular weight is 197 g/mol. The van der Waals surface area contributed by atoms with Crippen LogP contribution in [0.2, 0.25) is 0 Å². The Morgan fingerprint density at radius 2 is 1.80 bits per heavy atom. The molecule has 0 bridgehead atoms. The second-order valence-electron chi connectivity index (χ2n) is 4.02. The number of hydrogen-bond acceptors (Lipinski definition) is 1. The zero-order valence-electron chi connectivity index (χ0n) is 9.14. The molecule has 0 saturated heterocycles. The fourth-order valence-electron chi connectivity index (χ4n) is 1.61. The van der Waals surface area contributed by atoms with E-state index in [0.717, 1.165) is 0 Å². The zero-order chi connectivity index (χ0) is 10.7. The predicted molar refractivity (Wildman–Crippen MR) is 63.8 cm³/mol. The van der Waals surface area contributed by atoms with Crippen molar-refractivity contribution in [2.75, 3.05) is 0 Å². The Bertz CT molecular complexity index is 432. The van der Waals surface area contributed by atoms with Crippen LogP contribution in [0.15, 0.2) is 48.8 Å². The minimum absolute atomic E-state index is 0.571. The zero-order valence-corrected chi connectivity index (χ0v) is 9.14. The van der Waals surface area contributed by atoms with E-state index in [0.29, 0.717) is 5.92 Å². The Hall–Kier alpha value is -1.63. The SMILES string of the molecule is CC(C)c1cccc(-c2cccnc2)c1. The van der Waals surface area contributed by atoms with Gasteiger partial charge in [0, 0.05) is 12.4 Å². The summed E-state index contributed by atoms with van der Waals surface area (Å²) in [5.41, 5.74) is 3.80. The molecule has 0 aliphatic carbocycles. The first kappa shape index (κ1) is 9.91. The maximum absolute atomic E-state index is 4.14. The number of rotatable bonds is 2. The van der Waals surface area contributed by atoms with E-state index in [-0.39, 0.29) is 0 Å². The lowest BCUT2D eigenvalue weighted by Crippen LogP contribution is -1.87. The van der Waals surface area contributed by atoms with E-state index in [9.17, 15) is 0 Å². The summed E-state index contributed by atoms with van der Waals surface area (Å²) in [7, 11) is 0. The fourth-order valence-corrected chi connectivity index (χ4v) is 1.61. The molecule has 76 valence electrons. The van der Waals surface area contributed by atoms with E-state index in [1.807, 2.05) is 12.3 Å². The third kappa shape index (κ3) is 2.24. The van der Waals surface area contributed by atoms with Crippen molar-refractivity contribution in [3.05, 3.63) is 54.4 Å². The van der Waals surface area contributed by atoms with Crippen molar-refractivity contribution in [2.24, 2.45) is 0 Å². The van der Waals surface area contributed by atoms with E-state index in [1.54, 1.807) is 6.20 Å². The first-order valence-electron chi connectivity index (χ1n) is 5.28. The molecule has 1 aromatic carbocycles. The molecule has 1 nitrogen and oxygen atoms in total. The first-order chi connectivity index (χ1) is 7.27. The van der Waals surface area contributed by atoms with Crippen LogP contribution in [0, 0.1) is 0 Å². The number of pyridine rings is 1. The summed E-state index contributed by atoms with van der Waals surface area (Å²) in [4.78, 5) is 4.14. The van der Waals surface area contributed by atoms with Crippen LogP contribution in [0.4, 0.5) is 0 Å². The highest BCUT2D eigenvalue weighted by Gasteiger charge is 2.01. The predicted octanol–water partition coefficient (Wildman–Crippen LogP) is 3.87. The molecule has 1 aromatic heterocycles. The van der Waals surface area contributed by atoms with Gasteiger partial charge in [-0.15, -0.1) is 0 Å². The Morgan fingerprint density at radius 1 is 1.00 bits per heavy atom. The summed E-state index contributed by atoms with van der Waals surface area (Å²) in [6.07, 6.45) is 3.70. The summed E-state index contributed by atoms with van der Waals surface area (Å²) in [5.74, 6) is 0.571. The normalized spacial score (nSPS) is 10.6. The molecule has 15 heavy (non-hydrogen) atoms. The highest BCUT2D eigenvalue weighted by Crippen LogP contribution is 2.22. The van der Waals surface area contributed by atoms with E-state index in [1.165, 1.54) is 16.7 Å². The van der Waals surface area contributed by atoms with Crippen LogP contribution in [-0.2, 0) is 0 Å². The lowest BCUT2D eigenvalue weighted by atomic mass is 9.98. The van der Waals surface area contributed by atoms with E-state index >= 15 is 0 Å². The molecule has 0 amide bonds. The highest BCUT2D eigenvalue weighted by molar-refractivity contribution is 5.63. The third-order valence-electron chi connectivity index (χ3n) is 2.55. The van der Waals surface area contributed by atoms with Gasteiger partial charge >= 0.3 is 0 Å². The van der Waals surface area contributed by atoms with Crippen LogP contribution in [0.5, 0.6) is 0 Å². The Balaban J connectivity index is 2.42. The molecular weight excluding hydrogens is 182 g/mol. The molecular formula is C14H15N. The van der Waals surface area contributed by atoms with E-state index < -0.39 is 0 Å². The minimum Gasteiger partial charge on any atom is -0.264 e. The second-order valence-corrected chi connectivity index (χ2v) is 4.02. The van der Waals surface area contributed by atoms with Gasteiger partial charge in [-0.1, -0.05) is 44.2 Å². The number of nitrogens with zero attached hydrogens (tertiary/aromatic N) is 1. The monoisotopic (exact) mass is 197 g/mol. The Labute approximate surface area is 90.8 Å². The van der Waals surface area contributed by atoms with Crippen molar-refractivity contribution >= 4 is 0 Å². The quantitative estimate of drug-likeness (QED) is 0.712. The maximum atomic E-state index is 4.14. The van der Waals surface area contributed by atoms with Crippen molar-refractivity contribution in [1.82, 2.24) is 4.98 Å². The molecule has 0 aliphatic rings. The molecule has 1 heteroatoms. The number of aromatic nitrogens is 1. The van der Waals surface area contributed by atoms with Crippen molar-refractivity contribution in [2.45, 2.75) is 19.8 Å². The van der Waals surface area contributed by atoms with E-state index in [4.69, 9.17) is 0 Å². The molecule has 0 N–H and O–H groups in total. The summed E-state index contributed by atoms with van der Waals surface area (Å²) < 4.78 is 0. The lowest BCUT2D eigenvalue weighted by Gasteiger charge is -2.07. The van der Waals surface area contributed by atoms with Crippen molar-refractivity contribution in [1.29, 1.82) is 0 Å². The standard InChI is InChI=1S/C14H15N/c1-11(2)12-5-3-6-13(9-12)14-7-4-8-15-10-14/h3-11H,1-2H3. The van der Waals surface area contributed by atoms with Gasteiger partial charge in [0.05, 0.1) is 0 Å². The largest absolute Gasteiger partial charge is 0.264 e. The lowest BCUT2D eigenvalue weighted by molar-refractivity contribution is 0.867. The molecule has 0 atom stereocenters. The van der Waals surface area contributed by atoms with Gasteiger partial charge in [0.15, 0.2) is 0 Å². The fraction of sp³-hybridized carbons (Fsp3) is 0.214. The van der Waals surface area contributed by atoms with Gasteiger partial charge in [-0.25, -0.2) is 0 Å². The third-order valence-corrected chi connectivity index (χ3v) is 2.55. The maximum Gasteiger partial charge on any atom is 0.0346 e. The summed E-state index contributed by atoms with van der Waals surface area (Å²) in [5, 5.41) is 0. The van der Waals surface area contributed by atoms with Crippen LogP contribution >= 0.6 is 0 Å². The molecule has 2 aromatic rings. The van der Waals surface area contributed by atoms with Crippen LogP contribution in [0.1, 0.15) is 25.3 Å². The van der Waals surface area contributed by atoms with Crippen LogP contribution in [-0.4, -0.2) is 4.98 Å². The molecule has 0 fully saturated rings. The van der Waals surface area contributed by atoms with Gasteiger partial charge in [-0.05, 0) is 28.7 Å². The smallest absolute Gasteiger partial charge is 0.0346 e. The molecule has 1 heterocycles. The van der Waals surface area contributed by atoms with Gasteiger partial charge in [0.25, 0.3) is 0 Å². The molecule has 0 unspecified atom stereocenters. The minimum atomic E-state index is 0.571. The summed E-state index contributed by atoms with van der Waals surface area (Å²) >= 11 is 0. The van der Waals surface area contributed by atoms with Crippen LogP contribution in [0.25, 0.3) is 11.1 Å². The molecule has 0 radical (unpaired) electrons. The van der Waals surface area contributed by atoms with Gasteiger partial charge in [-0.3, -0.25) is 4.98 Å². The van der Waals surface area contributed by atoms with Gasteiger partial charge < -0.3 is 0 Å². The van der Waals surface area contributed by atoms with Crippen molar-refractivity contribution < 1.29 is 0 Å². The van der Waals surface area contributed by atoms with Crippen molar-refractivity contribution in [3.63, 3.8) is 0 Å². The summed E-state index contributed by atoms with van der Waals surface area (Å²) in [6, 6.07) is 12.7. The average Bonchev–Trinajstić information content (AvgIpc) is 2.30. The molecule has 0 aliphatic heterocycles. The summed E-state index contributed by atoms with van der Waals surface area (Å²) in [6.45, 7) is 4.42. The van der Waals surface area contributed by atoms with Crippen LogP contribution in [0.3, 0.4) is 0 Å². The Morgan fingerprint density at radius 3 is 2.47 bits per heavy atom. The second kappa shape index (κ2) is 4.26. The number of benzene rings is 1. The number of hydrogen-bond donors (Lipinski definition) is 0. The topological polar surface area (TPSA) is 12.9 Å². The van der Waals surface area contributed by atoms with Gasteiger partial charge in [0.2, 0.25) is 0 Å². The van der Waals surface area contributed by atoms with Gasteiger partial charge in [0.1, 0.15) is 0 Å². The Kier molecular flexibility index (Phi) is 2.82. The first-order valence-corrected chi connectivity index (χ1v) is 5.28. The highest BCUT2D eigenvalue weighted by atomic mass is 14.6. The van der Waals surface area contributed by atoms with Crippen molar-refractivity contribution in [3.8, 4) is 11.1 Å². The molecule has 2 rings (SSSR count). The van der Waals surface area contributed by atoms with Gasteiger partial charge in [-0.2, -0.15) is 0 Å². The molecule has 0 spiro atoms.